The van der Waals surface area contributed by atoms with E-state index in [1.807, 2.05) is 0 Å². The lowest BCUT2D eigenvalue weighted by Crippen LogP contribution is -1.93. The van der Waals surface area contributed by atoms with Crippen molar-refractivity contribution in [1.29, 1.82) is 0 Å². The van der Waals surface area contributed by atoms with Gasteiger partial charge in [-0.2, -0.15) is 0 Å². The molecule has 2 heterocycles. The number of fused-ring (bicyclic) bond motifs is 1. The number of pyridine rings is 1. The first-order chi connectivity index (χ1) is 9.19. The maximum Gasteiger partial charge on any atom is 0.169 e. The standard InChI is InChI=1S/C14H8F2N2O/c15-10-3-1-9(2-4-10)14-12(8-19)18-7-11(16)5-6-13(18)17-14/h1-8H. The second kappa shape index (κ2) is 4.28. The van der Waals surface area contributed by atoms with Crippen LogP contribution >= 0.6 is 0 Å². The van der Waals surface area contributed by atoms with Gasteiger partial charge >= 0.3 is 0 Å². The number of carbonyl (C=O) groups is 1. The highest BCUT2D eigenvalue weighted by molar-refractivity contribution is 5.86. The number of benzene rings is 1. The van der Waals surface area contributed by atoms with Gasteiger partial charge in [0.1, 0.15) is 28.7 Å². The number of rotatable bonds is 2. The molecule has 0 aliphatic heterocycles. The number of aromatic nitrogens is 2. The van der Waals surface area contributed by atoms with Gasteiger partial charge in [-0.15, -0.1) is 0 Å². The molecule has 0 aliphatic carbocycles. The van der Waals surface area contributed by atoms with Crippen molar-refractivity contribution >= 4 is 11.9 Å². The summed E-state index contributed by atoms with van der Waals surface area (Å²) in [5.74, 6) is -0.829. The second-order valence-corrected chi connectivity index (χ2v) is 4.05. The fraction of sp³-hybridized carbons (Fsp3) is 0. The summed E-state index contributed by atoms with van der Waals surface area (Å²) >= 11 is 0. The summed E-state index contributed by atoms with van der Waals surface area (Å²) < 4.78 is 27.5. The Balaban J connectivity index is 2.28. The highest BCUT2D eigenvalue weighted by Crippen LogP contribution is 2.23. The minimum absolute atomic E-state index is 0.237. The molecule has 0 amide bonds. The van der Waals surface area contributed by atoms with Gasteiger partial charge in [0.05, 0.1) is 0 Å². The van der Waals surface area contributed by atoms with Crippen LogP contribution in [0.3, 0.4) is 0 Å². The smallest absolute Gasteiger partial charge is 0.169 e. The Bertz CT molecular complexity index is 763. The average Bonchev–Trinajstić information content (AvgIpc) is 2.77. The predicted octanol–water partition coefficient (Wildman–Crippen LogP) is 3.09. The third-order valence-electron chi connectivity index (χ3n) is 2.85. The molecule has 3 nitrogen and oxygen atoms in total. The minimum atomic E-state index is -0.460. The maximum atomic E-state index is 13.2. The molecule has 3 aromatic rings. The lowest BCUT2D eigenvalue weighted by Gasteiger charge is -1.98. The summed E-state index contributed by atoms with van der Waals surface area (Å²) in [6.07, 6.45) is 1.80. The van der Waals surface area contributed by atoms with Crippen LogP contribution in [0.25, 0.3) is 16.9 Å². The molecule has 0 saturated carbocycles. The number of imidazole rings is 1. The SMILES string of the molecule is O=Cc1c(-c2ccc(F)cc2)nc2ccc(F)cn12. The normalized spacial score (nSPS) is 10.8. The van der Waals surface area contributed by atoms with Crippen LogP contribution in [0.5, 0.6) is 0 Å². The Morgan fingerprint density at radius 2 is 1.68 bits per heavy atom. The molecule has 2 aromatic heterocycles. The molecule has 3 rings (SSSR count). The van der Waals surface area contributed by atoms with Gasteiger partial charge in [0.15, 0.2) is 6.29 Å². The van der Waals surface area contributed by atoms with Gasteiger partial charge in [0.2, 0.25) is 0 Å². The number of hydrogen-bond acceptors (Lipinski definition) is 2. The first-order valence-corrected chi connectivity index (χ1v) is 5.58. The number of halogens is 2. The Labute approximate surface area is 107 Å². The molecule has 94 valence electrons. The van der Waals surface area contributed by atoms with Crippen molar-refractivity contribution in [1.82, 2.24) is 9.38 Å². The van der Waals surface area contributed by atoms with Crippen LogP contribution in [0.1, 0.15) is 10.5 Å². The molecule has 0 saturated heterocycles. The van der Waals surface area contributed by atoms with Gasteiger partial charge in [-0.1, -0.05) is 0 Å². The van der Waals surface area contributed by atoms with Gasteiger partial charge in [0.25, 0.3) is 0 Å². The highest BCUT2D eigenvalue weighted by Gasteiger charge is 2.13. The van der Waals surface area contributed by atoms with Crippen molar-refractivity contribution in [3.63, 3.8) is 0 Å². The second-order valence-electron chi connectivity index (χ2n) is 4.05. The molecular formula is C14H8F2N2O. The monoisotopic (exact) mass is 258 g/mol. The molecule has 0 aliphatic rings. The molecule has 5 heteroatoms. The Morgan fingerprint density at radius 1 is 1.00 bits per heavy atom. The van der Waals surface area contributed by atoms with Crippen LogP contribution in [0.4, 0.5) is 8.78 Å². The first-order valence-electron chi connectivity index (χ1n) is 5.58. The molecule has 0 atom stereocenters. The van der Waals surface area contributed by atoms with E-state index in [0.717, 1.165) is 0 Å². The van der Waals surface area contributed by atoms with Crippen molar-refractivity contribution in [3.05, 3.63) is 59.9 Å². The number of aldehydes is 1. The van der Waals surface area contributed by atoms with E-state index in [4.69, 9.17) is 0 Å². The van der Waals surface area contributed by atoms with E-state index in [0.29, 0.717) is 23.2 Å². The molecular weight excluding hydrogens is 250 g/mol. The zero-order valence-electron chi connectivity index (χ0n) is 9.68. The zero-order valence-corrected chi connectivity index (χ0v) is 9.68. The molecule has 0 N–H and O–H groups in total. The van der Waals surface area contributed by atoms with Gasteiger partial charge < -0.3 is 0 Å². The minimum Gasteiger partial charge on any atom is -0.296 e. The topological polar surface area (TPSA) is 34.4 Å². The largest absolute Gasteiger partial charge is 0.296 e. The van der Waals surface area contributed by atoms with Crippen molar-refractivity contribution < 1.29 is 13.6 Å². The molecule has 0 fully saturated rings. The van der Waals surface area contributed by atoms with Crippen molar-refractivity contribution in [2.75, 3.05) is 0 Å². The van der Waals surface area contributed by atoms with E-state index in [1.54, 1.807) is 0 Å². The summed E-state index contributed by atoms with van der Waals surface area (Å²) in [6, 6.07) is 8.38. The van der Waals surface area contributed by atoms with Crippen LogP contribution in [0.15, 0.2) is 42.6 Å². The molecule has 0 bridgehead atoms. The third kappa shape index (κ3) is 1.89. The van der Waals surface area contributed by atoms with E-state index in [2.05, 4.69) is 4.98 Å². The van der Waals surface area contributed by atoms with Crippen LogP contribution < -0.4 is 0 Å². The average molecular weight is 258 g/mol. The Hall–Kier alpha value is -2.56. The Kier molecular flexibility index (Phi) is 2.59. The summed E-state index contributed by atoms with van der Waals surface area (Å²) in [6.45, 7) is 0. The Morgan fingerprint density at radius 3 is 2.37 bits per heavy atom. The number of hydrogen-bond donors (Lipinski definition) is 0. The van der Waals surface area contributed by atoms with E-state index >= 15 is 0 Å². The van der Waals surface area contributed by atoms with Gasteiger partial charge in [-0.05, 0) is 36.4 Å². The van der Waals surface area contributed by atoms with E-state index < -0.39 is 5.82 Å². The lowest BCUT2D eigenvalue weighted by atomic mass is 10.1. The third-order valence-corrected chi connectivity index (χ3v) is 2.85. The molecule has 0 spiro atoms. The van der Waals surface area contributed by atoms with E-state index in [1.165, 1.54) is 47.0 Å². The molecule has 0 radical (unpaired) electrons. The highest BCUT2D eigenvalue weighted by atomic mass is 19.1. The van der Waals surface area contributed by atoms with Gasteiger partial charge in [0, 0.05) is 11.8 Å². The molecule has 1 aromatic carbocycles. The lowest BCUT2D eigenvalue weighted by molar-refractivity contribution is 0.111. The number of carbonyl (C=O) groups excluding carboxylic acids is 1. The van der Waals surface area contributed by atoms with Gasteiger partial charge in [-0.25, -0.2) is 13.8 Å². The van der Waals surface area contributed by atoms with Crippen molar-refractivity contribution in [2.24, 2.45) is 0 Å². The van der Waals surface area contributed by atoms with Crippen molar-refractivity contribution in [2.45, 2.75) is 0 Å². The maximum absolute atomic E-state index is 13.2. The fourth-order valence-electron chi connectivity index (χ4n) is 1.97. The summed E-state index contributed by atoms with van der Waals surface area (Å²) in [5.41, 5.74) is 1.71. The molecule has 0 unspecified atom stereocenters. The van der Waals surface area contributed by atoms with Crippen LogP contribution in [-0.4, -0.2) is 15.7 Å². The van der Waals surface area contributed by atoms with Crippen LogP contribution in [-0.2, 0) is 0 Å². The summed E-state index contributed by atoms with van der Waals surface area (Å²) in [4.78, 5) is 15.5. The summed E-state index contributed by atoms with van der Waals surface area (Å²) in [7, 11) is 0. The fourth-order valence-corrected chi connectivity index (χ4v) is 1.97. The van der Waals surface area contributed by atoms with Crippen LogP contribution in [0, 0.1) is 11.6 Å². The van der Waals surface area contributed by atoms with Gasteiger partial charge in [-0.3, -0.25) is 9.20 Å². The van der Waals surface area contributed by atoms with E-state index in [9.17, 15) is 13.6 Å². The zero-order chi connectivity index (χ0) is 13.4. The number of nitrogens with zero attached hydrogens (tertiary/aromatic N) is 2. The predicted molar refractivity (Wildman–Crippen MR) is 65.9 cm³/mol. The van der Waals surface area contributed by atoms with Crippen LogP contribution in [0.2, 0.25) is 0 Å². The quantitative estimate of drug-likeness (QED) is 0.662. The van der Waals surface area contributed by atoms with E-state index in [-0.39, 0.29) is 11.5 Å². The molecule has 19 heavy (non-hydrogen) atoms. The van der Waals surface area contributed by atoms with Crippen molar-refractivity contribution in [3.8, 4) is 11.3 Å². The first kappa shape index (κ1) is 11.5. The summed E-state index contributed by atoms with van der Waals surface area (Å²) in [5, 5.41) is 0.